The average Bonchev–Trinajstić information content (AvgIpc) is 2.77. The van der Waals surface area contributed by atoms with Gasteiger partial charge in [-0.3, -0.25) is 13.7 Å². The molecule has 17 heavy (non-hydrogen) atoms. The molecule has 2 rings (SSSR count). The molecule has 2 atom stereocenters. The van der Waals surface area contributed by atoms with E-state index in [4.69, 9.17) is 0 Å². The van der Waals surface area contributed by atoms with Gasteiger partial charge in [0.25, 0.3) is 22.8 Å². The number of nitrogens with zero attached hydrogens (tertiary/aromatic N) is 4. The second kappa shape index (κ2) is 4.11. The van der Waals surface area contributed by atoms with Gasteiger partial charge in [0.05, 0.1) is 14.1 Å². The lowest BCUT2D eigenvalue weighted by Gasteiger charge is -2.20. The topological polar surface area (TPSA) is 85.1 Å². The number of hydrogen-bond acceptors (Lipinski definition) is 4. The van der Waals surface area contributed by atoms with Crippen LogP contribution in [0, 0.1) is 0 Å². The van der Waals surface area contributed by atoms with Crippen LogP contribution in [0.1, 0.15) is 0 Å². The molecule has 2 aliphatic rings. The van der Waals surface area contributed by atoms with Crippen LogP contribution in [0.4, 0.5) is 0 Å². The van der Waals surface area contributed by atoms with Crippen LogP contribution in [0.5, 0.6) is 0 Å². The second-order valence-corrected chi connectivity index (χ2v) is 5.69. The van der Waals surface area contributed by atoms with Gasteiger partial charge in [0.2, 0.25) is 0 Å². The van der Waals surface area contributed by atoms with Crippen molar-refractivity contribution in [3.8, 4) is 0 Å². The molecule has 7 nitrogen and oxygen atoms in total. The fourth-order valence-corrected chi connectivity index (χ4v) is 3.24. The molecule has 92 valence electrons. The van der Waals surface area contributed by atoms with Gasteiger partial charge in [-0.25, -0.2) is 0 Å². The van der Waals surface area contributed by atoms with Crippen molar-refractivity contribution in [2.75, 3.05) is 14.1 Å². The van der Waals surface area contributed by atoms with Crippen LogP contribution in [-0.2, 0) is 10.1 Å². The zero-order valence-electron chi connectivity index (χ0n) is 9.50. The van der Waals surface area contributed by atoms with Gasteiger partial charge >= 0.3 is 0 Å². The minimum absolute atomic E-state index is 0.490. The third kappa shape index (κ3) is 2.18. The molecule has 1 N–H and O–H groups in total. The Morgan fingerprint density at radius 3 is 1.76 bits per heavy atom. The maximum Gasteiger partial charge on any atom is 0.281 e. The van der Waals surface area contributed by atoms with Gasteiger partial charge < -0.3 is 0 Å². The van der Waals surface area contributed by atoms with E-state index in [-0.39, 0.29) is 0 Å². The average molecular weight is 258 g/mol. The Morgan fingerprint density at radius 2 is 1.53 bits per heavy atom. The summed E-state index contributed by atoms with van der Waals surface area (Å²) in [7, 11) is -0.776. The summed E-state index contributed by atoms with van der Waals surface area (Å²) in [4.78, 5) is 7.81. The highest BCUT2D eigenvalue weighted by Gasteiger charge is 2.47. The van der Waals surface area contributed by atoms with Crippen molar-refractivity contribution < 1.29 is 22.1 Å². The quantitative estimate of drug-likeness (QED) is 0.493. The lowest BCUT2D eigenvalue weighted by molar-refractivity contribution is -0.542. The molecule has 2 unspecified atom stereocenters. The van der Waals surface area contributed by atoms with Crippen molar-refractivity contribution in [2.24, 2.45) is 9.98 Å². The van der Waals surface area contributed by atoms with E-state index in [9.17, 15) is 13.0 Å². The summed E-state index contributed by atoms with van der Waals surface area (Å²) in [6.45, 7) is 0. The first kappa shape index (κ1) is 12.1. The van der Waals surface area contributed by atoms with Gasteiger partial charge in [0.15, 0.2) is 29.8 Å². The Bertz CT molecular complexity index is 513. The van der Waals surface area contributed by atoms with Crippen LogP contribution in [0.15, 0.2) is 9.98 Å². The Kier molecular flexibility index (Phi) is 2.92. The third-order valence-electron chi connectivity index (χ3n) is 2.93. The van der Waals surface area contributed by atoms with Gasteiger partial charge in [-0.1, -0.05) is 9.98 Å². The second-order valence-electron chi connectivity index (χ2n) is 4.12. The third-order valence-corrected chi connectivity index (χ3v) is 4.18. The van der Waals surface area contributed by atoms with E-state index in [1.807, 2.05) is 0 Å². The predicted octanol–water partition coefficient (Wildman–Crippen LogP) is -1.51. The van der Waals surface area contributed by atoms with Gasteiger partial charge in [0.1, 0.15) is 0 Å². The minimum atomic E-state index is -4.20. The molecule has 0 aromatic heterocycles. The van der Waals surface area contributed by atoms with Gasteiger partial charge in [0, 0.05) is 0 Å². The van der Waals surface area contributed by atoms with Crippen molar-refractivity contribution in [3.63, 3.8) is 0 Å². The molecule has 2 aliphatic heterocycles. The summed E-state index contributed by atoms with van der Waals surface area (Å²) in [6, 6.07) is -0.981. The van der Waals surface area contributed by atoms with E-state index in [0.717, 1.165) is 0 Å². The van der Waals surface area contributed by atoms with E-state index >= 15 is 0 Å². The first-order valence-corrected chi connectivity index (χ1v) is 6.55. The van der Waals surface area contributed by atoms with Crippen molar-refractivity contribution in [1.82, 2.24) is 0 Å². The molecular weight excluding hydrogens is 244 g/mol. The summed E-state index contributed by atoms with van der Waals surface area (Å²) >= 11 is 0. The Morgan fingerprint density at radius 1 is 1.12 bits per heavy atom. The Balaban J connectivity index is 2.40. The molecule has 0 aliphatic carbocycles. The van der Waals surface area contributed by atoms with Crippen LogP contribution in [0.3, 0.4) is 0 Å². The molecule has 0 aromatic rings. The number of hydrogen-bond donors (Lipinski definition) is 1. The lowest BCUT2D eigenvalue weighted by Crippen LogP contribution is -2.51. The fraction of sp³-hybridized carbons (Fsp3) is 0.556. The maximum atomic E-state index is 11.5. The lowest BCUT2D eigenvalue weighted by atomic mass is 10.1. The summed E-state index contributed by atoms with van der Waals surface area (Å²) in [5.74, 6) is 0. The van der Waals surface area contributed by atoms with Crippen LogP contribution in [-0.4, -0.2) is 78.7 Å². The SMILES string of the molecule is C[N+]1=CN=CC1C(C1C=NC=[N+]1C)S(=O)(=O)O. The van der Waals surface area contributed by atoms with Gasteiger partial charge in [-0.2, -0.15) is 8.42 Å². The van der Waals surface area contributed by atoms with Crippen molar-refractivity contribution in [3.05, 3.63) is 0 Å². The van der Waals surface area contributed by atoms with E-state index in [0.29, 0.717) is 0 Å². The van der Waals surface area contributed by atoms with Crippen LogP contribution >= 0.6 is 0 Å². The molecule has 0 saturated heterocycles. The maximum absolute atomic E-state index is 11.5. The molecule has 0 radical (unpaired) electrons. The Labute approximate surface area is 99.3 Å². The zero-order chi connectivity index (χ0) is 12.6. The van der Waals surface area contributed by atoms with Crippen LogP contribution in [0.25, 0.3) is 0 Å². The summed E-state index contributed by atoms with van der Waals surface area (Å²) < 4.78 is 35.8. The van der Waals surface area contributed by atoms with E-state index in [1.165, 1.54) is 25.1 Å². The molecule has 2 heterocycles. The highest BCUT2D eigenvalue weighted by Crippen LogP contribution is 2.16. The highest BCUT2D eigenvalue weighted by molar-refractivity contribution is 7.86. The van der Waals surface area contributed by atoms with E-state index in [2.05, 4.69) is 9.98 Å². The predicted molar refractivity (Wildman–Crippen MR) is 64.4 cm³/mol. The molecule has 0 spiro atoms. The standard InChI is InChI=1S/C9H13N4O3S/c1-12-5-10-3-7(12)9(17(14,15)16)8-4-11-6-13(8)2/h3-9H,1-2H3/q+1/p+1. The smallest absolute Gasteiger partial charge is 0.281 e. The van der Waals surface area contributed by atoms with Gasteiger partial charge in [-0.15, -0.1) is 0 Å². The van der Waals surface area contributed by atoms with E-state index in [1.54, 1.807) is 23.2 Å². The normalized spacial score (nSPS) is 29.4. The highest BCUT2D eigenvalue weighted by atomic mass is 32.2. The first-order valence-electron chi connectivity index (χ1n) is 5.04. The molecule has 0 bridgehead atoms. The molecule has 8 heteroatoms. The molecule has 0 aromatic carbocycles. The van der Waals surface area contributed by atoms with Crippen LogP contribution in [0.2, 0.25) is 0 Å². The first-order chi connectivity index (χ1) is 7.91. The summed E-state index contributed by atoms with van der Waals surface area (Å²) in [5, 5.41) is -1.01. The number of aliphatic imine (C=N–C) groups is 2. The van der Waals surface area contributed by atoms with Crippen molar-refractivity contribution in [2.45, 2.75) is 17.3 Å². The monoisotopic (exact) mass is 258 g/mol. The minimum Gasteiger partial charge on any atom is -0.285 e. The van der Waals surface area contributed by atoms with Crippen molar-refractivity contribution in [1.29, 1.82) is 0 Å². The Hall–Kier alpha value is -1.41. The summed E-state index contributed by atoms with van der Waals surface area (Å²) in [5.41, 5.74) is 0. The molecular formula is C9H14N4O3S+2. The zero-order valence-corrected chi connectivity index (χ0v) is 10.3. The molecule has 0 amide bonds. The van der Waals surface area contributed by atoms with Gasteiger partial charge in [-0.05, 0) is 0 Å². The van der Waals surface area contributed by atoms with E-state index < -0.39 is 27.5 Å². The summed E-state index contributed by atoms with van der Waals surface area (Å²) in [6.07, 6.45) is 6.08. The number of rotatable bonds is 3. The molecule has 0 saturated carbocycles. The molecule has 0 fully saturated rings. The van der Waals surface area contributed by atoms with Crippen molar-refractivity contribution >= 4 is 35.2 Å². The largest absolute Gasteiger partial charge is 0.285 e. The fourth-order valence-electron chi connectivity index (χ4n) is 2.02. The van der Waals surface area contributed by atoms with Crippen LogP contribution < -0.4 is 0 Å².